The Hall–Kier alpha value is -1.87. The maximum Gasteiger partial charge on any atom is 0.135 e. The van der Waals surface area contributed by atoms with Gasteiger partial charge in [0.15, 0.2) is 0 Å². The summed E-state index contributed by atoms with van der Waals surface area (Å²) < 4.78 is 0. The van der Waals surface area contributed by atoms with Crippen molar-refractivity contribution in [1.29, 1.82) is 0 Å². The van der Waals surface area contributed by atoms with Gasteiger partial charge in [0.25, 0.3) is 0 Å². The fraction of sp³-hybridized carbons (Fsp3) is 0.353. The number of likely N-dealkylation sites (tertiary alicyclic amines) is 1. The topological polar surface area (TPSA) is 28.2 Å². The van der Waals surface area contributed by atoms with Crippen molar-refractivity contribution in [2.75, 3.05) is 18.4 Å². The van der Waals surface area contributed by atoms with Crippen molar-refractivity contribution in [1.82, 2.24) is 9.88 Å². The molecule has 2 aromatic rings. The largest absolute Gasteiger partial charge is 0.340 e. The molecule has 0 spiro atoms. The van der Waals surface area contributed by atoms with Crippen molar-refractivity contribution in [3.05, 3.63) is 54.2 Å². The minimum absolute atomic E-state index is 0.500. The zero-order valence-electron chi connectivity index (χ0n) is 11.9. The highest BCUT2D eigenvalue weighted by molar-refractivity contribution is 5.59. The Kier molecular flexibility index (Phi) is 3.97. The molecule has 20 heavy (non-hydrogen) atoms. The molecule has 1 saturated heterocycles. The average molecular weight is 267 g/mol. The van der Waals surface area contributed by atoms with E-state index in [0.717, 1.165) is 18.1 Å². The second-order valence-corrected chi connectivity index (χ2v) is 5.22. The highest BCUT2D eigenvalue weighted by atomic mass is 15.2. The lowest BCUT2D eigenvalue weighted by Gasteiger charge is -2.24. The van der Waals surface area contributed by atoms with Crippen molar-refractivity contribution in [2.45, 2.75) is 25.8 Å². The Balaban J connectivity index is 1.88. The van der Waals surface area contributed by atoms with E-state index < -0.39 is 0 Å². The van der Waals surface area contributed by atoms with Crippen molar-refractivity contribution < 1.29 is 0 Å². The molecule has 1 aliphatic heterocycles. The first-order valence-electron chi connectivity index (χ1n) is 7.39. The van der Waals surface area contributed by atoms with Crippen LogP contribution in [0, 0.1) is 0 Å². The number of hydrogen-bond donors (Lipinski definition) is 1. The van der Waals surface area contributed by atoms with Gasteiger partial charge in [-0.25, -0.2) is 4.98 Å². The molecule has 1 atom stereocenters. The standard InChI is InChI=1S/C17H21N3/c1-2-20-13-7-11-16(20)15-10-6-12-18-17(15)19-14-8-4-3-5-9-14/h3-6,8-10,12,16H,2,7,11,13H2,1H3,(H,18,19)/t16-/m0/s1. The molecule has 3 rings (SSSR count). The molecule has 1 N–H and O–H groups in total. The molecule has 3 nitrogen and oxygen atoms in total. The first kappa shape index (κ1) is 13.1. The summed E-state index contributed by atoms with van der Waals surface area (Å²) in [6.07, 6.45) is 4.36. The number of nitrogens with one attached hydrogen (secondary N) is 1. The average Bonchev–Trinajstić information content (AvgIpc) is 2.97. The van der Waals surface area contributed by atoms with Gasteiger partial charge in [-0.15, -0.1) is 0 Å². The van der Waals surface area contributed by atoms with Crippen LogP contribution in [0.2, 0.25) is 0 Å². The summed E-state index contributed by atoms with van der Waals surface area (Å²) in [5.41, 5.74) is 2.41. The molecule has 0 aliphatic carbocycles. The SMILES string of the molecule is CCN1CCC[C@H]1c1cccnc1Nc1ccccc1. The second-order valence-electron chi connectivity index (χ2n) is 5.22. The lowest BCUT2D eigenvalue weighted by Crippen LogP contribution is -2.23. The zero-order valence-corrected chi connectivity index (χ0v) is 11.9. The number of para-hydroxylation sites is 1. The number of hydrogen-bond acceptors (Lipinski definition) is 3. The molecule has 0 unspecified atom stereocenters. The number of nitrogens with zero attached hydrogens (tertiary/aromatic N) is 2. The summed E-state index contributed by atoms with van der Waals surface area (Å²) in [6, 6.07) is 15.0. The van der Waals surface area contributed by atoms with Crippen LogP contribution < -0.4 is 5.32 Å². The van der Waals surface area contributed by atoms with E-state index >= 15 is 0 Å². The van der Waals surface area contributed by atoms with Gasteiger partial charge in [0.05, 0.1) is 0 Å². The Labute approximate surface area is 120 Å². The van der Waals surface area contributed by atoms with Crippen LogP contribution >= 0.6 is 0 Å². The van der Waals surface area contributed by atoms with Crippen molar-refractivity contribution in [2.24, 2.45) is 0 Å². The van der Waals surface area contributed by atoms with Gasteiger partial charge < -0.3 is 5.32 Å². The van der Waals surface area contributed by atoms with Crippen LogP contribution in [-0.2, 0) is 0 Å². The molecule has 0 radical (unpaired) electrons. The van der Waals surface area contributed by atoms with Crippen molar-refractivity contribution in [3.8, 4) is 0 Å². The molecule has 0 bridgehead atoms. The van der Waals surface area contributed by atoms with Crippen molar-refractivity contribution >= 4 is 11.5 Å². The lowest BCUT2D eigenvalue weighted by molar-refractivity contribution is 0.272. The van der Waals surface area contributed by atoms with Crippen LogP contribution in [0.4, 0.5) is 11.5 Å². The Bertz CT molecular complexity index is 553. The summed E-state index contributed by atoms with van der Waals surface area (Å²) in [6.45, 7) is 4.53. The molecule has 0 saturated carbocycles. The maximum atomic E-state index is 4.55. The van der Waals surface area contributed by atoms with Gasteiger partial charge in [-0.3, -0.25) is 4.90 Å². The van der Waals surface area contributed by atoms with Gasteiger partial charge in [-0.05, 0) is 44.1 Å². The molecule has 1 aromatic heterocycles. The summed E-state index contributed by atoms with van der Waals surface area (Å²) in [7, 11) is 0. The minimum atomic E-state index is 0.500. The second kappa shape index (κ2) is 6.06. The molecule has 3 heteroatoms. The fourth-order valence-corrected chi connectivity index (χ4v) is 3.01. The molecule has 1 fully saturated rings. The number of benzene rings is 1. The molecule has 1 aromatic carbocycles. The third kappa shape index (κ3) is 2.68. The van der Waals surface area contributed by atoms with Gasteiger partial charge in [0, 0.05) is 23.5 Å². The summed E-state index contributed by atoms with van der Waals surface area (Å²) in [4.78, 5) is 7.08. The van der Waals surface area contributed by atoms with Gasteiger partial charge in [0.2, 0.25) is 0 Å². The van der Waals surface area contributed by atoms with E-state index in [-0.39, 0.29) is 0 Å². The fourth-order valence-electron chi connectivity index (χ4n) is 3.01. The quantitative estimate of drug-likeness (QED) is 0.908. The van der Waals surface area contributed by atoms with E-state index in [1.165, 1.54) is 24.9 Å². The predicted molar refractivity (Wildman–Crippen MR) is 83.2 cm³/mol. The highest BCUT2D eigenvalue weighted by Gasteiger charge is 2.26. The zero-order chi connectivity index (χ0) is 13.8. The Morgan fingerprint density at radius 1 is 1.20 bits per heavy atom. The van der Waals surface area contributed by atoms with E-state index in [1.54, 1.807) is 0 Å². The number of aromatic nitrogens is 1. The van der Waals surface area contributed by atoms with Crippen LogP contribution in [0.5, 0.6) is 0 Å². The molecular formula is C17H21N3. The number of anilines is 2. The lowest BCUT2D eigenvalue weighted by atomic mass is 10.1. The van der Waals surface area contributed by atoms with E-state index in [9.17, 15) is 0 Å². The molecule has 2 heterocycles. The first-order valence-corrected chi connectivity index (χ1v) is 7.39. The normalized spacial score (nSPS) is 19.1. The molecule has 104 valence electrons. The molecular weight excluding hydrogens is 246 g/mol. The van der Waals surface area contributed by atoms with Crippen LogP contribution in [0.3, 0.4) is 0 Å². The Morgan fingerprint density at radius 3 is 2.85 bits per heavy atom. The Morgan fingerprint density at radius 2 is 2.05 bits per heavy atom. The number of rotatable bonds is 4. The van der Waals surface area contributed by atoms with E-state index in [0.29, 0.717) is 6.04 Å². The van der Waals surface area contributed by atoms with Crippen LogP contribution in [0.15, 0.2) is 48.7 Å². The van der Waals surface area contributed by atoms with Gasteiger partial charge in [0.1, 0.15) is 5.82 Å². The van der Waals surface area contributed by atoms with Gasteiger partial charge in [-0.2, -0.15) is 0 Å². The van der Waals surface area contributed by atoms with E-state index in [2.05, 4.69) is 40.3 Å². The molecule has 1 aliphatic rings. The highest BCUT2D eigenvalue weighted by Crippen LogP contribution is 2.35. The number of pyridine rings is 1. The van der Waals surface area contributed by atoms with Crippen LogP contribution in [0.25, 0.3) is 0 Å². The smallest absolute Gasteiger partial charge is 0.135 e. The van der Waals surface area contributed by atoms with Crippen molar-refractivity contribution in [3.63, 3.8) is 0 Å². The summed E-state index contributed by atoms with van der Waals surface area (Å²) >= 11 is 0. The van der Waals surface area contributed by atoms with E-state index in [4.69, 9.17) is 0 Å². The summed E-state index contributed by atoms with van der Waals surface area (Å²) in [5.74, 6) is 0.990. The monoisotopic (exact) mass is 267 g/mol. The van der Waals surface area contributed by atoms with E-state index in [1.807, 2.05) is 30.5 Å². The van der Waals surface area contributed by atoms with Crippen LogP contribution in [0.1, 0.15) is 31.4 Å². The summed E-state index contributed by atoms with van der Waals surface area (Å²) in [5, 5.41) is 3.46. The third-order valence-electron chi connectivity index (χ3n) is 4.00. The first-order chi connectivity index (χ1) is 9.88. The van der Waals surface area contributed by atoms with Crippen LogP contribution in [-0.4, -0.2) is 23.0 Å². The maximum absolute atomic E-state index is 4.55. The van der Waals surface area contributed by atoms with Gasteiger partial charge in [-0.1, -0.05) is 31.2 Å². The molecule has 0 amide bonds. The minimum Gasteiger partial charge on any atom is -0.340 e. The predicted octanol–water partition coefficient (Wildman–Crippen LogP) is 3.98. The van der Waals surface area contributed by atoms with Gasteiger partial charge >= 0.3 is 0 Å². The third-order valence-corrected chi connectivity index (χ3v) is 4.00.